The summed E-state index contributed by atoms with van der Waals surface area (Å²) in [6.07, 6.45) is 0. The van der Waals surface area contributed by atoms with E-state index in [1.54, 1.807) is 7.05 Å². The molecule has 0 unspecified atom stereocenters. The van der Waals surface area contributed by atoms with Crippen LogP contribution in [-0.4, -0.2) is 12.0 Å². The maximum absolute atomic E-state index is 13.5. The third-order valence-corrected chi connectivity index (χ3v) is 3.03. The summed E-state index contributed by atoms with van der Waals surface area (Å²) in [7, 11) is 1.56. The molecule has 0 bridgehead atoms. The van der Waals surface area contributed by atoms with Gasteiger partial charge in [0.1, 0.15) is 0 Å². The van der Waals surface area contributed by atoms with Crippen LogP contribution in [0.15, 0.2) is 34.8 Å². The average molecular weight is 331 g/mol. The maximum Gasteiger partial charge on any atom is 0.251 e. The lowest BCUT2D eigenvalue weighted by atomic mass is 10.2. The molecule has 2 aromatic rings. The van der Waals surface area contributed by atoms with Crippen LogP contribution in [-0.2, 0) is 6.54 Å². The van der Waals surface area contributed by atoms with Crippen molar-refractivity contribution in [3.63, 3.8) is 0 Å². The monoisotopic (exact) mass is 330 g/mol. The van der Waals surface area contributed by atoms with Crippen LogP contribution < -0.4 is 4.90 Å². The molecule has 1 aromatic carbocycles. The van der Waals surface area contributed by atoms with E-state index in [0.717, 1.165) is 10.0 Å². The van der Waals surface area contributed by atoms with Gasteiger partial charge >= 0.3 is 0 Å². The Morgan fingerprint density at radius 3 is 2.58 bits per heavy atom. The molecule has 0 saturated heterocycles. The van der Waals surface area contributed by atoms with Crippen molar-refractivity contribution in [2.24, 2.45) is 0 Å². The molecule has 2 nitrogen and oxygen atoms in total. The van der Waals surface area contributed by atoms with Crippen LogP contribution in [0, 0.1) is 17.6 Å². The van der Waals surface area contributed by atoms with Crippen molar-refractivity contribution in [1.82, 2.24) is 4.98 Å². The van der Waals surface area contributed by atoms with Crippen molar-refractivity contribution in [2.45, 2.75) is 6.54 Å². The fourth-order valence-electron chi connectivity index (χ4n) is 1.69. The molecule has 0 N–H and O–H groups in total. The topological polar surface area (TPSA) is 16.1 Å². The highest BCUT2D eigenvalue weighted by atomic mass is 79.9. The summed E-state index contributed by atoms with van der Waals surface area (Å²) in [5, 5.41) is 0. The first-order chi connectivity index (χ1) is 8.97. The van der Waals surface area contributed by atoms with Crippen molar-refractivity contribution in [3.05, 3.63) is 58.0 Å². The van der Waals surface area contributed by atoms with Gasteiger partial charge in [0.05, 0.1) is 0 Å². The lowest BCUT2D eigenvalue weighted by Gasteiger charge is -2.19. The molecule has 1 heterocycles. The van der Waals surface area contributed by atoms with Gasteiger partial charge in [-0.25, -0.2) is 8.78 Å². The van der Waals surface area contributed by atoms with Crippen molar-refractivity contribution in [2.75, 3.05) is 11.9 Å². The zero-order valence-electron chi connectivity index (χ0n) is 10.0. The van der Waals surface area contributed by atoms with E-state index in [4.69, 9.17) is 0 Å². The van der Waals surface area contributed by atoms with Crippen LogP contribution in [0.5, 0.6) is 0 Å². The van der Waals surface area contributed by atoms with Gasteiger partial charge in [0, 0.05) is 24.1 Å². The third kappa shape index (κ3) is 3.26. The molecule has 1 aromatic heterocycles. The van der Waals surface area contributed by atoms with E-state index in [2.05, 4.69) is 20.9 Å². The second kappa shape index (κ2) is 5.61. The van der Waals surface area contributed by atoms with Crippen LogP contribution in [0.3, 0.4) is 0 Å². The number of hydrogen-bond donors (Lipinski definition) is 0. The highest BCUT2D eigenvalue weighted by Gasteiger charge is 2.15. The molecule has 0 fully saturated rings. The molecule has 100 valence electrons. The van der Waals surface area contributed by atoms with Crippen LogP contribution in [0.1, 0.15) is 5.56 Å². The normalized spacial score (nSPS) is 10.6. The molecule has 0 radical (unpaired) electrons. The Labute approximate surface area is 117 Å². The first-order valence-corrected chi connectivity index (χ1v) is 6.24. The van der Waals surface area contributed by atoms with Crippen molar-refractivity contribution < 1.29 is 13.2 Å². The van der Waals surface area contributed by atoms with Crippen molar-refractivity contribution in [3.8, 4) is 0 Å². The Morgan fingerprint density at radius 1 is 1.16 bits per heavy atom. The lowest BCUT2D eigenvalue weighted by molar-refractivity contribution is 0.463. The van der Waals surface area contributed by atoms with E-state index < -0.39 is 17.6 Å². The quantitative estimate of drug-likeness (QED) is 0.793. The molecule has 0 aliphatic rings. The fraction of sp³-hybridized carbons (Fsp3) is 0.154. The highest BCUT2D eigenvalue weighted by molar-refractivity contribution is 9.10. The second-order valence-electron chi connectivity index (χ2n) is 4.05. The molecule has 0 aliphatic carbocycles. The van der Waals surface area contributed by atoms with Gasteiger partial charge in [-0.3, -0.25) is 0 Å². The molecule has 6 heteroatoms. The SMILES string of the molecule is CN(Cc1cccc(Br)c1)c1nc(F)c(F)cc1F. The summed E-state index contributed by atoms with van der Waals surface area (Å²) in [5.41, 5.74) is 0.891. The Hall–Kier alpha value is -1.56. The van der Waals surface area contributed by atoms with Gasteiger partial charge in [-0.2, -0.15) is 9.37 Å². The number of halogens is 4. The Kier molecular flexibility index (Phi) is 4.09. The minimum absolute atomic E-state index is 0.223. The standard InChI is InChI=1S/C13H10BrF3N2/c1-19(7-8-3-2-4-9(14)5-8)13-11(16)6-10(15)12(17)18-13/h2-6H,7H2,1H3. The van der Waals surface area contributed by atoms with E-state index in [1.165, 1.54) is 4.90 Å². The molecule has 2 rings (SSSR count). The average Bonchev–Trinajstić information content (AvgIpc) is 2.33. The molecule has 0 aliphatic heterocycles. The molecule has 0 atom stereocenters. The second-order valence-corrected chi connectivity index (χ2v) is 4.97. The number of anilines is 1. The number of pyridine rings is 1. The van der Waals surface area contributed by atoms with E-state index in [9.17, 15) is 13.2 Å². The Balaban J connectivity index is 2.25. The summed E-state index contributed by atoms with van der Waals surface area (Å²) >= 11 is 3.33. The number of hydrogen-bond acceptors (Lipinski definition) is 2. The van der Waals surface area contributed by atoms with Gasteiger partial charge in [0.15, 0.2) is 17.5 Å². The first-order valence-electron chi connectivity index (χ1n) is 5.44. The lowest BCUT2D eigenvalue weighted by Crippen LogP contribution is -2.20. The van der Waals surface area contributed by atoms with Crippen LogP contribution in [0.2, 0.25) is 0 Å². The third-order valence-electron chi connectivity index (χ3n) is 2.54. The van der Waals surface area contributed by atoms with Gasteiger partial charge in [-0.15, -0.1) is 0 Å². The smallest absolute Gasteiger partial charge is 0.251 e. The van der Waals surface area contributed by atoms with Crippen molar-refractivity contribution in [1.29, 1.82) is 0 Å². The van der Waals surface area contributed by atoms with E-state index in [0.29, 0.717) is 12.6 Å². The molecule has 19 heavy (non-hydrogen) atoms. The first kappa shape index (κ1) is 13.9. The summed E-state index contributed by atoms with van der Waals surface area (Å²) in [4.78, 5) is 4.70. The predicted molar refractivity (Wildman–Crippen MR) is 70.4 cm³/mol. The molecule has 0 spiro atoms. The zero-order chi connectivity index (χ0) is 14.0. The largest absolute Gasteiger partial charge is 0.353 e. The minimum atomic E-state index is -1.31. The fourth-order valence-corrected chi connectivity index (χ4v) is 2.13. The van der Waals surface area contributed by atoms with E-state index in [-0.39, 0.29) is 5.82 Å². The van der Waals surface area contributed by atoms with Crippen LogP contribution in [0.4, 0.5) is 19.0 Å². The summed E-state index contributed by atoms with van der Waals surface area (Å²) in [6.45, 7) is 0.328. The van der Waals surface area contributed by atoms with E-state index >= 15 is 0 Å². The maximum atomic E-state index is 13.5. The van der Waals surface area contributed by atoms with E-state index in [1.807, 2.05) is 24.3 Å². The van der Waals surface area contributed by atoms with Gasteiger partial charge in [-0.1, -0.05) is 28.1 Å². The number of aromatic nitrogens is 1. The van der Waals surface area contributed by atoms with Gasteiger partial charge in [-0.05, 0) is 17.7 Å². The molecule has 0 amide bonds. The number of nitrogens with zero attached hydrogens (tertiary/aromatic N) is 2. The summed E-state index contributed by atoms with van der Waals surface area (Å²) < 4.78 is 40.3. The van der Waals surface area contributed by atoms with Gasteiger partial charge < -0.3 is 4.90 Å². The highest BCUT2D eigenvalue weighted by Crippen LogP contribution is 2.20. The number of rotatable bonds is 3. The summed E-state index contributed by atoms with van der Waals surface area (Å²) in [5.74, 6) is -3.72. The predicted octanol–water partition coefficient (Wildman–Crippen LogP) is 3.90. The number of benzene rings is 1. The van der Waals surface area contributed by atoms with Crippen molar-refractivity contribution >= 4 is 21.7 Å². The minimum Gasteiger partial charge on any atom is -0.353 e. The Morgan fingerprint density at radius 2 is 1.89 bits per heavy atom. The van der Waals surface area contributed by atoms with Gasteiger partial charge in [0.25, 0.3) is 5.95 Å². The zero-order valence-corrected chi connectivity index (χ0v) is 11.6. The Bertz CT molecular complexity index is 604. The molecular weight excluding hydrogens is 321 g/mol. The van der Waals surface area contributed by atoms with Crippen LogP contribution >= 0.6 is 15.9 Å². The van der Waals surface area contributed by atoms with Crippen LogP contribution in [0.25, 0.3) is 0 Å². The summed E-state index contributed by atoms with van der Waals surface area (Å²) in [6, 6.07) is 7.89. The molecule has 0 saturated carbocycles. The molecular formula is C13H10BrF3N2. The van der Waals surface area contributed by atoms with Gasteiger partial charge in [0.2, 0.25) is 0 Å².